The minimum absolute atomic E-state index is 0.111. The van der Waals surface area contributed by atoms with E-state index in [2.05, 4.69) is 15.5 Å². The fraction of sp³-hybridized carbons (Fsp3) is 0.333. The Morgan fingerprint density at radius 2 is 2.00 bits per heavy atom. The number of anilines is 1. The van der Waals surface area contributed by atoms with Crippen molar-refractivity contribution in [3.8, 4) is 5.75 Å². The molecule has 11 heteroatoms. The second kappa shape index (κ2) is 10.4. The molecule has 0 unspecified atom stereocenters. The Bertz CT molecular complexity index is 1160. The number of esters is 1. The lowest BCUT2D eigenvalue weighted by molar-refractivity contribution is -0.113. The molecule has 2 aromatic heterocycles. The number of benzene rings is 1. The Kier molecular flexibility index (Phi) is 7.81. The van der Waals surface area contributed by atoms with Gasteiger partial charge in [0.1, 0.15) is 17.4 Å². The van der Waals surface area contributed by atoms with Crippen molar-refractivity contribution in [2.75, 3.05) is 18.2 Å². The number of hydrogen-bond donors (Lipinski definition) is 1. The van der Waals surface area contributed by atoms with Crippen LogP contribution in [0.25, 0.3) is 0 Å². The lowest BCUT2D eigenvalue weighted by atomic mass is 10.1. The van der Waals surface area contributed by atoms with E-state index in [1.807, 2.05) is 40.0 Å². The van der Waals surface area contributed by atoms with Crippen LogP contribution in [0.2, 0.25) is 5.02 Å². The summed E-state index contributed by atoms with van der Waals surface area (Å²) in [4.78, 5) is 25.5. The fourth-order valence-corrected chi connectivity index (χ4v) is 4.89. The summed E-state index contributed by atoms with van der Waals surface area (Å²) in [7, 11) is 3.13. The first kappa shape index (κ1) is 24.1. The summed E-state index contributed by atoms with van der Waals surface area (Å²) in [5.74, 6) is 0.732. The van der Waals surface area contributed by atoms with Crippen LogP contribution < -0.4 is 10.1 Å². The number of carbonyl (C=O) groups excluding carboxylic acids is 2. The molecule has 0 spiro atoms. The number of methoxy groups -OCH3 is 1. The molecule has 0 aliphatic heterocycles. The summed E-state index contributed by atoms with van der Waals surface area (Å²) < 4.78 is 12.4. The highest BCUT2D eigenvalue weighted by Crippen LogP contribution is 2.33. The number of ether oxygens (including phenoxy) is 2. The van der Waals surface area contributed by atoms with Crippen molar-refractivity contribution in [3.63, 3.8) is 0 Å². The number of halogens is 1. The van der Waals surface area contributed by atoms with Gasteiger partial charge in [-0.3, -0.25) is 4.79 Å². The Hall–Kier alpha value is -2.56. The molecule has 0 aliphatic carbocycles. The smallest absolute Gasteiger partial charge is 0.341 e. The van der Waals surface area contributed by atoms with Gasteiger partial charge >= 0.3 is 5.97 Å². The third-order valence-corrected chi connectivity index (χ3v) is 7.16. The van der Waals surface area contributed by atoms with Gasteiger partial charge in [-0.1, -0.05) is 23.4 Å². The topological polar surface area (TPSA) is 95.3 Å². The summed E-state index contributed by atoms with van der Waals surface area (Å²) in [6.45, 7) is 5.87. The predicted molar refractivity (Wildman–Crippen MR) is 126 cm³/mol. The molecule has 3 rings (SSSR count). The maximum atomic E-state index is 12.5. The van der Waals surface area contributed by atoms with Crippen LogP contribution in [0.4, 0.5) is 5.00 Å². The first-order valence-corrected chi connectivity index (χ1v) is 11.8. The Balaban J connectivity index is 1.60. The molecule has 1 amide bonds. The van der Waals surface area contributed by atoms with Gasteiger partial charge < -0.3 is 19.4 Å². The minimum atomic E-state index is -0.469. The molecule has 0 fully saturated rings. The van der Waals surface area contributed by atoms with Crippen molar-refractivity contribution in [3.05, 3.63) is 50.6 Å². The fourth-order valence-electron chi connectivity index (χ4n) is 2.87. The van der Waals surface area contributed by atoms with Gasteiger partial charge in [0.2, 0.25) is 5.91 Å². The van der Waals surface area contributed by atoms with Crippen molar-refractivity contribution in [1.29, 1.82) is 0 Å². The Morgan fingerprint density at radius 3 is 2.69 bits per heavy atom. The number of nitrogens with one attached hydrogen (secondary N) is 1. The Morgan fingerprint density at radius 1 is 1.25 bits per heavy atom. The van der Waals surface area contributed by atoms with E-state index >= 15 is 0 Å². The zero-order chi connectivity index (χ0) is 23.4. The number of hydrogen-bond acceptors (Lipinski definition) is 8. The lowest BCUT2D eigenvalue weighted by Gasteiger charge is -2.09. The van der Waals surface area contributed by atoms with E-state index in [1.54, 1.807) is 10.6 Å². The monoisotopic (exact) mass is 494 g/mol. The van der Waals surface area contributed by atoms with E-state index in [-0.39, 0.29) is 18.3 Å². The first-order valence-electron chi connectivity index (χ1n) is 9.59. The molecule has 2 heterocycles. The summed E-state index contributed by atoms with van der Waals surface area (Å²) in [6.07, 6.45) is 0. The molecule has 0 radical (unpaired) electrons. The van der Waals surface area contributed by atoms with Crippen LogP contribution in [-0.4, -0.2) is 39.5 Å². The highest BCUT2D eigenvalue weighted by Gasteiger charge is 2.22. The second-order valence-corrected chi connectivity index (χ2v) is 9.58. The minimum Gasteiger partial charge on any atom is -0.485 e. The molecule has 0 aliphatic rings. The van der Waals surface area contributed by atoms with Gasteiger partial charge in [0.15, 0.2) is 11.0 Å². The Labute approximate surface area is 199 Å². The summed E-state index contributed by atoms with van der Waals surface area (Å²) in [5, 5.41) is 12.8. The molecule has 0 saturated carbocycles. The van der Waals surface area contributed by atoms with Crippen LogP contribution in [0, 0.1) is 20.8 Å². The lowest BCUT2D eigenvalue weighted by Crippen LogP contribution is -2.16. The van der Waals surface area contributed by atoms with Gasteiger partial charge in [-0.25, -0.2) is 4.79 Å². The van der Waals surface area contributed by atoms with Crippen LogP contribution in [0.5, 0.6) is 5.75 Å². The molecule has 0 bridgehead atoms. The highest BCUT2D eigenvalue weighted by molar-refractivity contribution is 7.99. The maximum absolute atomic E-state index is 12.5. The van der Waals surface area contributed by atoms with E-state index in [4.69, 9.17) is 21.1 Å². The van der Waals surface area contributed by atoms with Gasteiger partial charge in [0.25, 0.3) is 0 Å². The maximum Gasteiger partial charge on any atom is 0.341 e. The summed E-state index contributed by atoms with van der Waals surface area (Å²) in [5.41, 5.74) is 2.12. The summed E-state index contributed by atoms with van der Waals surface area (Å²) >= 11 is 8.57. The van der Waals surface area contributed by atoms with Crippen molar-refractivity contribution < 1.29 is 19.1 Å². The SMILES string of the molecule is COC(=O)c1c(NC(=O)CSc2nnc(COc3ccc(Cl)cc3C)n2C)sc(C)c1C. The van der Waals surface area contributed by atoms with Crippen LogP contribution in [-0.2, 0) is 23.2 Å². The van der Waals surface area contributed by atoms with Crippen molar-refractivity contribution in [2.24, 2.45) is 7.05 Å². The standard InChI is InChI=1S/C21H23ClN4O4S2/c1-11-8-14(22)6-7-15(11)30-9-16-24-25-21(26(16)4)31-10-17(27)23-19-18(20(28)29-5)12(2)13(3)32-19/h6-8H,9-10H2,1-5H3,(H,23,27). The molecule has 170 valence electrons. The van der Waals surface area contributed by atoms with E-state index in [0.29, 0.717) is 32.3 Å². The normalized spacial score (nSPS) is 10.8. The third kappa shape index (κ3) is 5.43. The summed E-state index contributed by atoms with van der Waals surface area (Å²) in [6, 6.07) is 5.41. The van der Waals surface area contributed by atoms with Gasteiger partial charge in [0.05, 0.1) is 18.4 Å². The quantitative estimate of drug-likeness (QED) is 0.362. The molecule has 0 saturated heterocycles. The molecule has 8 nitrogen and oxygen atoms in total. The average Bonchev–Trinajstić information content (AvgIpc) is 3.24. The predicted octanol–water partition coefficient (Wildman–Crippen LogP) is 4.55. The first-order chi connectivity index (χ1) is 15.2. The molecule has 0 atom stereocenters. The van der Waals surface area contributed by atoms with Gasteiger partial charge in [-0.2, -0.15) is 0 Å². The van der Waals surface area contributed by atoms with Crippen LogP contribution in [0.3, 0.4) is 0 Å². The number of aromatic nitrogens is 3. The molecule has 3 aromatic rings. The molecule has 32 heavy (non-hydrogen) atoms. The zero-order valence-electron chi connectivity index (χ0n) is 18.3. The number of rotatable bonds is 8. The van der Waals surface area contributed by atoms with E-state index in [1.165, 1.54) is 30.2 Å². The largest absolute Gasteiger partial charge is 0.485 e. The number of thiophene rings is 1. The molecule has 1 aromatic carbocycles. The second-order valence-electron chi connectivity index (χ2n) is 6.97. The van der Waals surface area contributed by atoms with Gasteiger partial charge in [-0.15, -0.1) is 21.5 Å². The number of nitrogens with zero attached hydrogens (tertiary/aromatic N) is 3. The zero-order valence-corrected chi connectivity index (χ0v) is 20.7. The molecular weight excluding hydrogens is 472 g/mol. The van der Waals surface area contributed by atoms with Crippen molar-refractivity contribution in [1.82, 2.24) is 14.8 Å². The number of carbonyl (C=O) groups is 2. The number of aryl methyl sites for hydroxylation is 2. The van der Waals surface area contributed by atoms with E-state index in [0.717, 1.165) is 16.0 Å². The van der Waals surface area contributed by atoms with Gasteiger partial charge in [-0.05, 0) is 50.1 Å². The van der Waals surface area contributed by atoms with Crippen LogP contribution >= 0.6 is 34.7 Å². The van der Waals surface area contributed by atoms with E-state index < -0.39 is 5.97 Å². The van der Waals surface area contributed by atoms with Crippen LogP contribution in [0.1, 0.15) is 32.2 Å². The highest BCUT2D eigenvalue weighted by atomic mass is 35.5. The molecule has 1 N–H and O–H groups in total. The van der Waals surface area contributed by atoms with Gasteiger partial charge in [0, 0.05) is 16.9 Å². The third-order valence-electron chi connectivity index (χ3n) is 4.78. The van der Waals surface area contributed by atoms with Crippen molar-refractivity contribution in [2.45, 2.75) is 32.5 Å². The van der Waals surface area contributed by atoms with Crippen molar-refractivity contribution >= 4 is 51.6 Å². The van der Waals surface area contributed by atoms with E-state index in [9.17, 15) is 9.59 Å². The number of amides is 1. The molecular formula is C21H23ClN4O4S2. The number of thioether (sulfide) groups is 1. The average molecular weight is 495 g/mol. The van der Waals surface area contributed by atoms with Crippen LogP contribution in [0.15, 0.2) is 23.4 Å².